The normalized spacial score (nSPS) is 26.2. The molecule has 0 heterocycles. The van der Waals surface area contributed by atoms with Crippen molar-refractivity contribution < 1.29 is 4.74 Å². The molecule has 2 heteroatoms. The summed E-state index contributed by atoms with van der Waals surface area (Å²) < 4.78 is 5.85. The highest BCUT2D eigenvalue weighted by molar-refractivity contribution is 5.40. The lowest BCUT2D eigenvalue weighted by molar-refractivity contribution is 0.294. The van der Waals surface area contributed by atoms with Crippen LogP contribution in [0, 0.1) is 5.41 Å². The van der Waals surface area contributed by atoms with Gasteiger partial charge in [0.25, 0.3) is 0 Å². The van der Waals surface area contributed by atoms with Gasteiger partial charge in [0.05, 0.1) is 6.61 Å². The van der Waals surface area contributed by atoms with E-state index in [0.717, 1.165) is 31.6 Å². The average molecular weight is 247 g/mol. The fourth-order valence-corrected chi connectivity index (χ4v) is 3.04. The molecular formula is C16H25NO. The van der Waals surface area contributed by atoms with Crippen LogP contribution in [0.5, 0.6) is 5.75 Å². The van der Waals surface area contributed by atoms with E-state index in [-0.39, 0.29) is 5.54 Å². The molecule has 2 nitrogen and oxygen atoms in total. The van der Waals surface area contributed by atoms with Crippen molar-refractivity contribution in [3.63, 3.8) is 0 Å². The van der Waals surface area contributed by atoms with Crippen molar-refractivity contribution in [2.45, 2.75) is 52.0 Å². The summed E-state index contributed by atoms with van der Waals surface area (Å²) in [6.07, 6.45) is 4.29. The smallest absolute Gasteiger partial charge is 0.124 e. The Morgan fingerprint density at radius 2 is 1.94 bits per heavy atom. The minimum Gasteiger partial charge on any atom is -0.493 e. The summed E-state index contributed by atoms with van der Waals surface area (Å²) >= 11 is 0. The molecule has 100 valence electrons. The second-order valence-electron chi connectivity index (χ2n) is 6.34. The first-order valence-corrected chi connectivity index (χ1v) is 6.98. The summed E-state index contributed by atoms with van der Waals surface area (Å²) in [5.41, 5.74) is 7.96. The maximum Gasteiger partial charge on any atom is 0.124 e. The second kappa shape index (κ2) is 4.93. The summed E-state index contributed by atoms with van der Waals surface area (Å²) in [5, 5.41) is 0. The Morgan fingerprint density at radius 1 is 1.22 bits per heavy atom. The number of nitrogens with two attached hydrogens (primary N) is 1. The van der Waals surface area contributed by atoms with Crippen molar-refractivity contribution >= 4 is 0 Å². The first-order chi connectivity index (χ1) is 8.47. The number of hydrogen-bond acceptors (Lipinski definition) is 2. The molecule has 1 aliphatic carbocycles. The molecule has 18 heavy (non-hydrogen) atoms. The lowest BCUT2D eigenvalue weighted by atomic mass is 9.83. The molecule has 0 aliphatic heterocycles. The molecule has 0 bridgehead atoms. The third kappa shape index (κ3) is 2.69. The molecule has 2 N–H and O–H groups in total. The zero-order chi connectivity index (χ0) is 13.2. The summed E-state index contributed by atoms with van der Waals surface area (Å²) in [6.45, 7) is 7.49. The van der Waals surface area contributed by atoms with E-state index < -0.39 is 0 Å². The quantitative estimate of drug-likeness (QED) is 0.877. The van der Waals surface area contributed by atoms with E-state index in [1.54, 1.807) is 0 Å². The largest absolute Gasteiger partial charge is 0.493 e. The van der Waals surface area contributed by atoms with E-state index in [2.05, 4.69) is 32.9 Å². The summed E-state index contributed by atoms with van der Waals surface area (Å²) in [4.78, 5) is 0. The van der Waals surface area contributed by atoms with E-state index >= 15 is 0 Å². The zero-order valence-corrected chi connectivity index (χ0v) is 11.8. The van der Waals surface area contributed by atoms with Crippen LogP contribution in [0.4, 0.5) is 0 Å². The van der Waals surface area contributed by atoms with E-state index in [4.69, 9.17) is 10.5 Å². The van der Waals surface area contributed by atoms with Gasteiger partial charge in [-0.15, -0.1) is 0 Å². The molecule has 1 aromatic carbocycles. The van der Waals surface area contributed by atoms with E-state index in [0.29, 0.717) is 5.41 Å². The number of ether oxygens (including phenoxy) is 1. The Kier molecular flexibility index (Phi) is 3.67. The van der Waals surface area contributed by atoms with Crippen molar-refractivity contribution in [2.24, 2.45) is 11.1 Å². The first kappa shape index (κ1) is 13.4. The van der Waals surface area contributed by atoms with E-state index in [1.807, 2.05) is 12.1 Å². The Balaban J connectivity index is 2.27. The molecule has 1 aromatic rings. The minimum atomic E-state index is -0.214. The van der Waals surface area contributed by atoms with Gasteiger partial charge < -0.3 is 10.5 Å². The van der Waals surface area contributed by atoms with Crippen LogP contribution < -0.4 is 10.5 Å². The van der Waals surface area contributed by atoms with Crippen molar-refractivity contribution in [1.82, 2.24) is 0 Å². The van der Waals surface area contributed by atoms with Gasteiger partial charge in [-0.05, 0) is 37.2 Å². The van der Waals surface area contributed by atoms with Gasteiger partial charge in [-0.25, -0.2) is 0 Å². The Bertz CT molecular complexity index is 413. The van der Waals surface area contributed by atoms with Crippen LogP contribution in [0.1, 0.15) is 52.0 Å². The summed E-state index contributed by atoms with van der Waals surface area (Å²) in [5.74, 6) is 0.972. The van der Waals surface area contributed by atoms with Gasteiger partial charge in [0.2, 0.25) is 0 Å². The van der Waals surface area contributed by atoms with Gasteiger partial charge >= 0.3 is 0 Å². The van der Waals surface area contributed by atoms with Crippen molar-refractivity contribution in [3.8, 4) is 5.75 Å². The average Bonchev–Trinajstić information content (AvgIpc) is 2.62. The number of benzene rings is 1. The topological polar surface area (TPSA) is 35.2 Å². The minimum absolute atomic E-state index is 0.214. The maximum atomic E-state index is 6.65. The molecule has 0 saturated heterocycles. The van der Waals surface area contributed by atoms with Gasteiger partial charge in [-0.2, -0.15) is 0 Å². The molecule has 1 saturated carbocycles. The standard InChI is InChI=1S/C16H25NO/c1-4-11-18-14-8-6-5-7-13(14)16(17)10-9-15(2,3)12-16/h5-8H,4,9-12,17H2,1-3H3. The summed E-state index contributed by atoms with van der Waals surface area (Å²) in [7, 11) is 0. The van der Waals surface area contributed by atoms with Gasteiger partial charge in [0.1, 0.15) is 5.75 Å². The van der Waals surface area contributed by atoms with Crippen LogP contribution in [0.15, 0.2) is 24.3 Å². The van der Waals surface area contributed by atoms with Crippen LogP contribution in [0.25, 0.3) is 0 Å². The fraction of sp³-hybridized carbons (Fsp3) is 0.625. The molecule has 1 fully saturated rings. The highest BCUT2D eigenvalue weighted by Crippen LogP contribution is 2.49. The van der Waals surface area contributed by atoms with Crippen LogP contribution in [-0.2, 0) is 5.54 Å². The lowest BCUT2D eigenvalue weighted by Crippen LogP contribution is -2.35. The van der Waals surface area contributed by atoms with Crippen LogP contribution in [0.3, 0.4) is 0 Å². The van der Waals surface area contributed by atoms with Gasteiger partial charge in [0, 0.05) is 11.1 Å². The van der Waals surface area contributed by atoms with Crippen LogP contribution in [-0.4, -0.2) is 6.61 Å². The van der Waals surface area contributed by atoms with Crippen LogP contribution in [0.2, 0.25) is 0 Å². The monoisotopic (exact) mass is 247 g/mol. The molecule has 2 rings (SSSR count). The molecule has 1 aliphatic rings. The lowest BCUT2D eigenvalue weighted by Gasteiger charge is -2.29. The SMILES string of the molecule is CCCOc1ccccc1C1(N)CCC(C)(C)C1. The third-order valence-electron chi connectivity index (χ3n) is 3.93. The molecular weight excluding hydrogens is 222 g/mol. The van der Waals surface area contributed by atoms with Crippen molar-refractivity contribution in [2.75, 3.05) is 6.61 Å². The van der Waals surface area contributed by atoms with Crippen molar-refractivity contribution in [3.05, 3.63) is 29.8 Å². The molecule has 0 amide bonds. The highest BCUT2D eigenvalue weighted by Gasteiger charge is 2.42. The third-order valence-corrected chi connectivity index (χ3v) is 3.93. The predicted molar refractivity (Wildman–Crippen MR) is 75.7 cm³/mol. The Labute approximate surface area is 111 Å². The van der Waals surface area contributed by atoms with Gasteiger partial charge in [0.15, 0.2) is 0 Å². The molecule has 0 radical (unpaired) electrons. The number of para-hydroxylation sites is 1. The molecule has 0 aromatic heterocycles. The number of rotatable bonds is 4. The fourth-order valence-electron chi connectivity index (χ4n) is 3.04. The van der Waals surface area contributed by atoms with Gasteiger partial charge in [-0.3, -0.25) is 0 Å². The van der Waals surface area contributed by atoms with Gasteiger partial charge in [-0.1, -0.05) is 39.0 Å². The Hall–Kier alpha value is -1.02. The van der Waals surface area contributed by atoms with Crippen molar-refractivity contribution in [1.29, 1.82) is 0 Å². The van der Waals surface area contributed by atoms with E-state index in [1.165, 1.54) is 12.0 Å². The summed E-state index contributed by atoms with van der Waals surface area (Å²) in [6, 6.07) is 8.27. The first-order valence-electron chi connectivity index (χ1n) is 6.98. The molecule has 1 unspecified atom stereocenters. The molecule has 0 spiro atoms. The highest BCUT2D eigenvalue weighted by atomic mass is 16.5. The Morgan fingerprint density at radius 3 is 2.56 bits per heavy atom. The van der Waals surface area contributed by atoms with Crippen LogP contribution >= 0.6 is 0 Å². The maximum absolute atomic E-state index is 6.65. The van der Waals surface area contributed by atoms with E-state index in [9.17, 15) is 0 Å². The zero-order valence-electron chi connectivity index (χ0n) is 11.8. The number of hydrogen-bond donors (Lipinski definition) is 1. The molecule has 1 atom stereocenters. The predicted octanol–water partition coefficient (Wildman–Crippen LogP) is 3.84. The second-order valence-corrected chi connectivity index (χ2v) is 6.34.